The van der Waals surface area contributed by atoms with Crippen LogP contribution in [0.3, 0.4) is 0 Å². The number of anilines is 1. The molecule has 0 atom stereocenters. The van der Waals surface area contributed by atoms with Crippen molar-refractivity contribution in [3.05, 3.63) is 29.3 Å². The molecule has 0 saturated carbocycles. The Balaban J connectivity index is 3.10. The fourth-order valence-corrected chi connectivity index (χ4v) is 1.76. The summed E-state index contributed by atoms with van der Waals surface area (Å²) < 4.78 is 32.0. The van der Waals surface area contributed by atoms with Crippen LogP contribution in [0, 0.1) is 11.6 Å². The van der Waals surface area contributed by atoms with Crippen LogP contribution in [0.5, 0.6) is 0 Å². The van der Waals surface area contributed by atoms with E-state index in [2.05, 4.69) is 0 Å². The highest BCUT2D eigenvalue weighted by Crippen LogP contribution is 2.20. The lowest BCUT2D eigenvalue weighted by Crippen LogP contribution is -2.41. The quantitative estimate of drug-likeness (QED) is 0.666. The zero-order chi connectivity index (χ0) is 16.2. The number of carbonyl (C=O) groups is 2. The molecule has 1 rings (SSSR count). The van der Waals surface area contributed by atoms with Crippen LogP contribution >= 0.6 is 0 Å². The van der Waals surface area contributed by atoms with Gasteiger partial charge in [-0.15, -0.1) is 0 Å². The molecule has 0 saturated heterocycles. The van der Waals surface area contributed by atoms with E-state index in [1.807, 2.05) is 0 Å². The van der Waals surface area contributed by atoms with Crippen molar-refractivity contribution in [2.75, 3.05) is 18.9 Å². The fraction of sp³-hybridized carbons (Fsp3) is 0.429. The summed E-state index contributed by atoms with van der Waals surface area (Å²) in [6, 6.07) is 1.15. The van der Waals surface area contributed by atoms with Crippen LogP contribution in [0.15, 0.2) is 12.1 Å². The van der Waals surface area contributed by atoms with Gasteiger partial charge in [-0.1, -0.05) is 0 Å². The summed E-state index contributed by atoms with van der Waals surface area (Å²) in [5.41, 5.74) is 4.34. The van der Waals surface area contributed by atoms with Crippen LogP contribution in [-0.2, 0) is 9.53 Å². The van der Waals surface area contributed by atoms with E-state index in [0.717, 1.165) is 17.0 Å². The smallest absolute Gasteiger partial charge is 0.325 e. The van der Waals surface area contributed by atoms with Gasteiger partial charge in [0.15, 0.2) is 5.82 Å². The topological polar surface area (TPSA) is 72.6 Å². The lowest BCUT2D eigenvalue weighted by atomic mass is 10.1. The molecule has 21 heavy (non-hydrogen) atoms. The molecule has 5 nitrogen and oxygen atoms in total. The van der Waals surface area contributed by atoms with E-state index in [1.165, 1.54) is 0 Å². The highest BCUT2D eigenvalue weighted by atomic mass is 19.1. The predicted molar refractivity (Wildman–Crippen MR) is 73.6 cm³/mol. The van der Waals surface area contributed by atoms with E-state index in [1.54, 1.807) is 20.8 Å². The Morgan fingerprint density at radius 1 is 1.33 bits per heavy atom. The van der Waals surface area contributed by atoms with Gasteiger partial charge in [0.25, 0.3) is 5.91 Å². The minimum absolute atomic E-state index is 0.167. The number of nitrogen functional groups attached to an aromatic ring is 1. The maximum absolute atomic E-state index is 13.9. The monoisotopic (exact) mass is 300 g/mol. The molecule has 2 N–H and O–H groups in total. The number of ether oxygens (including phenoxy) is 1. The number of halogens is 2. The van der Waals surface area contributed by atoms with Gasteiger partial charge in [0, 0.05) is 6.04 Å². The van der Waals surface area contributed by atoms with Crippen molar-refractivity contribution in [3.63, 3.8) is 0 Å². The van der Waals surface area contributed by atoms with Crippen LogP contribution in [0.1, 0.15) is 31.1 Å². The Bertz CT molecular complexity index is 547. The molecule has 0 radical (unpaired) electrons. The van der Waals surface area contributed by atoms with Gasteiger partial charge >= 0.3 is 5.97 Å². The minimum Gasteiger partial charge on any atom is -0.465 e. The van der Waals surface area contributed by atoms with Crippen molar-refractivity contribution in [2.24, 2.45) is 0 Å². The van der Waals surface area contributed by atoms with Crippen LogP contribution < -0.4 is 5.73 Å². The van der Waals surface area contributed by atoms with Gasteiger partial charge in [-0.2, -0.15) is 0 Å². The van der Waals surface area contributed by atoms with Gasteiger partial charge in [-0.25, -0.2) is 8.78 Å². The summed E-state index contributed by atoms with van der Waals surface area (Å²) in [4.78, 5) is 24.9. The maximum Gasteiger partial charge on any atom is 0.325 e. The van der Waals surface area contributed by atoms with E-state index in [9.17, 15) is 18.4 Å². The van der Waals surface area contributed by atoms with Gasteiger partial charge in [0.05, 0.1) is 17.9 Å². The van der Waals surface area contributed by atoms with Crippen LogP contribution in [0.2, 0.25) is 0 Å². The molecule has 1 amide bonds. The third-order valence-electron chi connectivity index (χ3n) is 2.78. The molecule has 0 unspecified atom stereocenters. The maximum atomic E-state index is 13.9. The summed E-state index contributed by atoms with van der Waals surface area (Å²) in [6.45, 7) is 4.75. The first-order valence-electron chi connectivity index (χ1n) is 6.49. The lowest BCUT2D eigenvalue weighted by Gasteiger charge is -2.26. The van der Waals surface area contributed by atoms with E-state index in [-0.39, 0.29) is 13.2 Å². The third-order valence-corrected chi connectivity index (χ3v) is 2.78. The molecule has 7 heteroatoms. The van der Waals surface area contributed by atoms with Crippen molar-refractivity contribution in [1.82, 2.24) is 4.90 Å². The molecule has 1 aromatic carbocycles. The van der Waals surface area contributed by atoms with E-state index in [4.69, 9.17) is 10.5 Å². The lowest BCUT2D eigenvalue weighted by molar-refractivity contribution is -0.144. The fourth-order valence-electron chi connectivity index (χ4n) is 1.76. The molecular weight excluding hydrogens is 282 g/mol. The Morgan fingerprint density at radius 3 is 2.48 bits per heavy atom. The number of nitrogens with two attached hydrogens (primary N) is 1. The average molecular weight is 300 g/mol. The van der Waals surface area contributed by atoms with Crippen molar-refractivity contribution < 1.29 is 23.1 Å². The zero-order valence-electron chi connectivity index (χ0n) is 12.2. The highest BCUT2D eigenvalue weighted by molar-refractivity contribution is 5.97. The van der Waals surface area contributed by atoms with Gasteiger partial charge in [0.1, 0.15) is 12.4 Å². The SMILES string of the molecule is CCOC(=O)CN(C(=O)c1cc(F)cc(N)c1F)C(C)C. The molecule has 0 heterocycles. The molecule has 0 aliphatic heterocycles. The van der Waals surface area contributed by atoms with Crippen LogP contribution in [-0.4, -0.2) is 36.0 Å². The molecule has 0 bridgehead atoms. The molecule has 0 fully saturated rings. The summed E-state index contributed by atoms with van der Waals surface area (Å²) in [6.07, 6.45) is 0. The standard InChI is InChI=1S/C14H18F2N2O3/c1-4-21-12(19)7-18(8(2)3)14(20)10-5-9(15)6-11(17)13(10)16/h5-6,8H,4,7,17H2,1-3H3. The Labute approximate surface area is 121 Å². The van der Waals surface area contributed by atoms with Gasteiger partial charge in [-0.3, -0.25) is 9.59 Å². The number of hydrogen-bond acceptors (Lipinski definition) is 4. The van der Waals surface area contributed by atoms with Gasteiger partial charge in [-0.05, 0) is 32.9 Å². The zero-order valence-corrected chi connectivity index (χ0v) is 12.2. The first-order valence-corrected chi connectivity index (χ1v) is 6.49. The molecule has 0 spiro atoms. The number of amides is 1. The minimum atomic E-state index is -1.00. The van der Waals surface area contributed by atoms with E-state index >= 15 is 0 Å². The van der Waals surface area contributed by atoms with Crippen molar-refractivity contribution in [2.45, 2.75) is 26.8 Å². The first kappa shape index (κ1) is 16.9. The number of benzene rings is 1. The normalized spacial score (nSPS) is 10.6. The number of rotatable bonds is 5. The third kappa shape index (κ3) is 4.14. The van der Waals surface area contributed by atoms with E-state index < -0.39 is 40.8 Å². The Hall–Kier alpha value is -2.18. The first-order chi connectivity index (χ1) is 9.77. The summed E-state index contributed by atoms with van der Waals surface area (Å²) in [5.74, 6) is -3.26. The molecule has 0 aliphatic rings. The Morgan fingerprint density at radius 2 is 1.95 bits per heavy atom. The predicted octanol–water partition coefficient (Wildman–Crippen LogP) is 1.96. The van der Waals surface area contributed by atoms with Gasteiger partial charge < -0.3 is 15.4 Å². The van der Waals surface area contributed by atoms with Gasteiger partial charge in [0.2, 0.25) is 0 Å². The second-order valence-electron chi connectivity index (χ2n) is 4.69. The highest BCUT2D eigenvalue weighted by Gasteiger charge is 2.26. The number of esters is 1. The molecular formula is C14H18F2N2O3. The average Bonchev–Trinajstić information content (AvgIpc) is 2.39. The molecule has 0 aliphatic carbocycles. The van der Waals surface area contributed by atoms with Crippen LogP contribution in [0.4, 0.5) is 14.5 Å². The van der Waals surface area contributed by atoms with Crippen LogP contribution in [0.25, 0.3) is 0 Å². The summed E-state index contributed by atoms with van der Waals surface area (Å²) >= 11 is 0. The summed E-state index contributed by atoms with van der Waals surface area (Å²) in [5, 5.41) is 0. The molecule has 0 aromatic heterocycles. The van der Waals surface area contributed by atoms with E-state index in [0.29, 0.717) is 0 Å². The number of nitrogens with zero attached hydrogens (tertiary/aromatic N) is 1. The Kier molecular flexibility index (Phi) is 5.63. The van der Waals surface area contributed by atoms with Crippen molar-refractivity contribution >= 4 is 17.6 Å². The van der Waals surface area contributed by atoms with Crippen molar-refractivity contribution in [3.8, 4) is 0 Å². The summed E-state index contributed by atoms with van der Waals surface area (Å²) in [7, 11) is 0. The second-order valence-corrected chi connectivity index (χ2v) is 4.69. The molecule has 1 aromatic rings. The van der Waals surface area contributed by atoms with Crippen molar-refractivity contribution in [1.29, 1.82) is 0 Å². The number of carbonyl (C=O) groups excluding carboxylic acids is 2. The molecule has 116 valence electrons. The largest absolute Gasteiger partial charge is 0.465 e. The number of hydrogen-bond donors (Lipinski definition) is 1. The second kappa shape index (κ2) is 7.01.